The van der Waals surface area contributed by atoms with Crippen molar-refractivity contribution in [2.45, 2.75) is 79.3 Å². The first-order chi connectivity index (χ1) is 10.5. The summed E-state index contributed by atoms with van der Waals surface area (Å²) in [7, 11) is 2.28. The average molecular weight is 323 g/mol. The van der Waals surface area contributed by atoms with Crippen LogP contribution in [0, 0.1) is 16.7 Å². The van der Waals surface area contributed by atoms with E-state index in [0.717, 1.165) is 25.9 Å². The highest BCUT2D eigenvalue weighted by molar-refractivity contribution is 5.86. The van der Waals surface area contributed by atoms with Crippen molar-refractivity contribution in [3.05, 3.63) is 0 Å². The fraction of sp³-hybridized carbons (Fsp3) is 0.950. The quantitative estimate of drug-likeness (QED) is 0.789. The summed E-state index contributed by atoms with van der Waals surface area (Å²) >= 11 is 0. The lowest BCUT2D eigenvalue weighted by Crippen LogP contribution is -2.45. The van der Waals surface area contributed by atoms with Crippen LogP contribution in [0.25, 0.3) is 0 Å². The van der Waals surface area contributed by atoms with Gasteiger partial charge in [0.2, 0.25) is 0 Å². The SMILES string of the molecule is CN1C[C@@H](N2CCC(C(=O)C(C)(C)C)CC2)C[C@H]1CC(C)(C)C. The zero-order valence-electron chi connectivity index (χ0n) is 16.5. The summed E-state index contributed by atoms with van der Waals surface area (Å²) in [4.78, 5) is 17.7. The first-order valence-electron chi connectivity index (χ1n) is 9.46. The van der Waals surface area contributed by atoms with Crippen LogP contribution in [0.4, 0.5) is 0 Å². The van der Waals surface area contributed by atoms with Crippen molar-refractivity contribution in [1.82, 2.24) is 9.80 Å². The van der Waals surface area contributed by atoms with Gasteiger partial charge in [-0.1, -0.05) is 41.5 Å². The predicted octanol–water partition coefficient (Wildman–Crippen LogP) is 3.82. The fourth-order valence-corrected chi connectivity index (χ4v) is 4.40. The molecular formula is C20H38N2O. The van der Waals surface area contributed by atoms with Crippen LogP contribution in [-0.2, 0) is 4.79 Å². The highest BCUT2D eigenvalue weighted by Gasteiger charge is 2.38. The summed E-state index contributed by atoms with van der Waals surface area (Å²) in [6.07, 6.45) is 4.69. The molecule has 2 rings (SSSR count). The molecule has 2 aliphatic heterocycles. The van der Waals surface area contributed by atoms with Gasteiger partial charge in [-0.3, -0.25) is 9.69 Å². The zero-order valence-corrected chi connectivity index (χ0v) is 16.5. The second-order valence-corrected chi connectivity index (χ2v) is 10.2. The molecule has 2 atom stereocenters. The van der Waals surface area contributed by atoms with Gasteiger partial charge in [0, 0.05) is 30.0 Å². The Morgan fingerprint density at radius 1 is 1.04 bits per heavy atom. The summed E-state index contributed by atoms with van der Waals surface area (Å²) < 4.78 is 0. The predicted molar refractivity (Wildman–Crippen MR) is 97.7 cm³/mol. The highest BCUT2D eigenvalue weighted by Crippen LogP contribution is 2.33. The Balaban J connectivity index is 1.86. The van der Waals surface area contributed by atoms with Crippen LogP contribution >= 0.6 is 0 Å². The number of rotatable bonds is 3. The number of carbonyl (C=O) groups is 1. The molecule has 0 amide bonds. The molecule has 2 heterocycles. The molecule has 3 nitrogen and oxygen atoms in total. The standard InChI is InChI=1S/C20H38N2O/c1-19(2,3)13-16-12-17(14-21(16)7)22-10-8-15(9-11-22)18(23)20(4,5)6/h15-17H,8-14H2,1-7H3/t16-,17-/m0/s1. The van der Waals surface area contributed by atoms with Crippen molar-refractivity contribution in [3.8, 4) is 0 Å². The van der Waals surface area contributed by atoms with E-state index in [-0.39, 0.29) is 11.3 Å². The molecule has 0 aromatic heterocycles. The molecule has 0 saturated carbocycles. The van der Waals surface area contributed by atoms with E-state index in [1.165, 1.54) is 19.4 Å². The number of nitrogens with zero attached hydrogens (tertiary/aromatic N) is 2. The number of Topliss-reactive ketones (excluding diaryl/α,β-unsaturated/α-hetero) is 1. The lowest BCUT2D eigenvalue weighted by atomic mass is 9.78. The molecular weight excluding hydrogens is 284 g/mol. The van der Waals surface area contributed by atoms with Gasteiger partial charge in [0.15, 0.2) is 0 Å². The van der Waals surface area contributed by atoms with Gasteiger partial charge in [-0.25, -0.2) is 0 Å². The molecule has 0 spiro atoms. The van der Waals surface area contributed by atoms with Gasteiger partial charge < -0.3 is 4.90 Å². The summed E-state index contributed by atoms with van der Waals surface area (Å²) in [5.74, 6) is 0.752. The van der Waals surface area contributed by atoms with E-state index in [4.69, 9.17) is 0 Å². The van der Waals surface area contributed by atoms with E-state index in [0.29, 0.717) is 23.3 Å². The number of likely N-dealkylation sites (N-methyl/N-ethyl adjacent to an activating group) is 1. The van der Waals surface area contributed by atoms with Gasteiger partial charge in [-0.15, -0.1) is 0 Å². The van der Waals surface area contributed by atoms with Gasteiger partial charge in [-0.2, -0.15) is 0 Å². The van der Waals surface area contributed by atoms with Crippen molar-refractivity contribution in [1.29, 1.82) is 0 Å². The number of ketones is 1. The Morgan fingerprint density at radius 2 is 1.61 bits per heavy atom. The van der Waals surface area contributed by atoms with Crippen molar-refractivity contribution in [2.24, 2.45) is 16.7 Å². The maximum absolute atomic E-state index is 12.5. The smallest absolute Gasteiger partial charge is 0.141 e. The van der Waals surface area contributed by atoms with Crippen molar-refractivity contribution in [3.63, 3.8) is 0 Å². The topological polar surface area (TPSA) is 23.6 Å². The maximum Gasteiger partial charge on any atom is 0.141 e. The molecule has 0 radical (unpaired) electrons. The minimum Gasteiger partial charge on any atom is -0.302 e. The molecule has 0 unspecified atom stereocenters. The Kier molecular flexibility index (Phi) is 5.62. The van der Waals surface area contributed by atoms with Gasteiger partial charge in [-0.05, 0) is 51.2 Å². The lowest BCUT2D eigenvalue weighted by molar-refractivity contribution is -0.132. The van der Waals surface area contributed by atoms with E-state index >= 15 is 0 Å². The summed E-state index contributed by atoms with van der Waals surface area (Å²) in [5, 5.41) is 0. The van der Waals surface area contributed by atoms with Gasteiger partial charge in [0.05, 0.1) is 0 Å². The first kappa shape index (κ1) is 18.9. The molecule has 23 heavy (non-hydrogen) atoms. The van der Waals surface area contributed by atoms with Crippen LogP contribution in [0.2, 0.25) is 0 Å². The van der Waals surface area contributed by atoms with E-state index in [1.54, 1.807) is 0 Å². The van der Waals surface area contributed by atoms with E-state index in [2.05, 4.69) is 58.4 Å². The minimum atomic E-state index is -0.182. The van der Waals surface area contributed by atoms with Gasteiger partial charge in [0.25, 0.3) is 0 Å². The third kappa shape index (κ3) is 5.03. The molecule has 0 bridgehead atoms. The summed E-state index contributed by atoms with van der Waals surface area (Å²) in [5.41, 5.74) is 0.220. The number of likely N-dealkylation sites (tertiary alicyclic amines) is 2. The zero-order chi connectivity index (χ0) is 17.4. The summed E-state index contributed by atoms with van der Waals surface area (Å²) in [6.45, 7) is 16.6. The fourth-order valence-electron chi connectivity index (χ4n) is 4.40. The van der Waals surface area contributed by atoms with Crippen molar-refractivity contribution in [2.75, 3.05) is 26.7 Å². The normalized spacial score (nSPS) is 29.2. The third-order valence-corrected chi connectivity index (χ3v) is 5.67. The van der Waals surface area contributed by atoms with Crippen LogP contribution in [-0.4, -0.2) is 54.3 Å². The molecule has 2 saturated heterocycles. The van der Waals surface area contributed by atoms with E-state index < -0.39 is 0 Å². The van der Waals surface area contributed by atoms with Crippen LogP contribution in [0.3, 0.4) is 0 Å². The Labute approximate surface area is 143 Å². The number of carbonyl (C=O) groups excluding carboxylic acids is 1. The molecule has 0 aromatic rings. The van der Waals surface area contributed by atoms with Crippen molar-refractivity contribution < 1.29 is 4.79 Å². The number of hydrogen-bond acceptors (Lipinski definition) is 3. The molecule has 0 aromatic carbocycles. The minimum absolute atomic E-state index is 0.182. The van der Waals surface area contributed by atoms with Gasteiger partial charge in [0.1, 0.15) is 5.78 Å². The Morgan fingerprint density at radius 3 is 2.09 bits per heavy atom. The molecule has 3 heteroatoms. The second kappa shape index (κ2) is 6.84. The summed E-state index contributed by atoms with van der Waals surface area (Å²) in [6, 6.07) is 1.41. The molecule has 2 fully saturated rings. The molecule has 134 valence electrons. The monoisotopic (exact) mass is 322 g/mol. The average Bonchev–Trinajstić information content (AvgIpc) is 2.76. The molecule has 0 aliphatic carbocycles. The lowest BCUT2D eigenvalue weighted by Gasteiger charge is -2.37. The first-order valence-corrected chi connectivity index (χ1v) is 9.46. The number of hydrogen-bond donors (Lipinski definition) is 0. The largest absolute Gasteiger partial charge is 0.302 e. The van der Waals surface area contributed by atoms with E-state index in [1.807, 2.05) is 0 Å². The molecule has 0 N–H and O–H groups in total. The maximum atomic E-state index is 12.5. The van der Waals surface area contributed by atoms with Gasteiger partial charge >= 0.3 is 0 Å². The third-order valence-electron chi connectivity index (χ3n) is 5.67. The van der Waals surface area contributed by atoms with E-state index in [9.17, 15) is 4.79 Å². The highest BCUT2D eigenvalue weighted by atomic mass is 16.1. The number of piperidine rings is 1. The van der Waals surface area contributed by atoms with Crippen molar-refractivity contribution >= 4 is 5.78 Å². The van der Waals surface area contributed by atoms with Crippen LogP contribution in [0.1, 0.15) is 67.2 Å². The second-order valence-electron chi connectivity index (χ2n) is 10.2. The Hall–Kier alpha value is -0.410. The Bertz CT molecular complexity index is 410. The van der Waals surface area contributed by atoms with Crippen LogP contribution in [0.5, 0.6) is 0 Å². The van der Waals surface area contributed by atoms with Crippen LogP contribution < -0.4 is 0 Å². The van der Waals surface area contributed by atoms with Crippen LogP contribution in [0.15, 0.2) is 0 Å². The molecule has 2 aliphatic rings.